The Hall–Kier alpha value is -3.15. The zero-order chi connectivity index (χ0) is 19.5. The van der Waals surface area contributed by atoms with Gasteiger partial charge < -0.3 is 4.74 Å². The van der Waals surface area contributed by atoms with E-state index in [1.165, 1.54) is 6.33 Å². The molecule has 0 aliphatic carbocycles. The molecular formula is C22H24N4O2. The molecule has 1 amide bonds. The number of amides is 1. The number of methoxy groups -OCH3 is 1. The van der Waals surface area contributed by atoms with E-state index in [0.717, 1.165) is 29.7 Å². The first-order chi connectivity index (χ1) is 13.7. The van der Waals surface area contributed by atoms with Crippen LogP contribution >= 0.6 is 0 Å². The van der Waals surface area contributed by atoms with Gasteiger partial charge in [0.05, 0.1) is 19.2 Å². The number of benzene rings is 2. The molecule has 0 saturated heterocycles. The van der Waals surface area contributed by atoms with Crippen LogP contribution in [0.25, 0.3) is 0 Å². The molecule has 1 aliphatic heterocycles. The minimum atomic E-state index is -0.105. The Kier molecular flexibility index (Phi) is 5.10. The zero-order valence-electron chi connectivity index (χ0n) is 16.2. The third kappa shape index (κ3) is 3.26. The number of nitrogens with zero attached hydrogens (tertiary/aromatic N) is 4. The van der Waals surface area contributed by atoms with Crippen molar-refractivity contribution in [1.29, 1.82) is 0 Å². The van der Waals surface area contributed by atoms with Crippen LogP contribution in [0.1, 0.15) is 49.4 Å². The summed E-state index contributed by atoms with van der Waals surface area (Å²) in [6, 6.07) is 18.1. The molecule has 0 spiro atoms. The van der Waals surface area contributed by atoms with Gasteiger partial charge in [0, 0.05) is 6.42 Å². The summed E-state index contributed by atoms with van der Waals surface area (Å²) in [5.41, 5.74) is 2.23. The van der Waals surface area contributed by atoms with Gasteiger partial charge in [-0.1, -0.05) is 49.4 Å². The lowest BCUT2D eigenvalue weighted by atomic mass is 9.91. The molecule has 0 bridgehead atoms. The van der Waals surface area contributed by atoms with Crippen molar-refractivity contribution < 1.29 is 9.53 Å². The van der Waals surface area contributed by atoms with Crippen LogP contribution in [-0.2, 0) is 4.79 Å². The first-order valence-corrected chi connectivity index (χ1v) is 9.63. The van der Waals surface area contributed by atoms with E-state index in [1.807, 2.05) is 59.0 Å². The van der Waals surface area contributed by atoms with Gasteiger partial charge in [-0.3, -0.25) is 9.69 Å². The molecule has 6 heteroatoms. The normalized spacial score (nSPS) is 18.6. The van der Waals surface area contributed by atoms with Crippen LogP contribution < -0.4 is 9.64 Å². The van der Waals surface area contributed by atoms with Gasteiger partial charge in [0.1, 0.15) is 12.1 Å². The summed E-state index contributed by atoms with van der Waals surface area (Å²) in [4.78, 5) is 19.3. The van der Waals surface area contributed by atoms with Gasteiger partial charge in [-0.15, -0.1) is 0 Å². The van der Waals surface area contributed by atoms with Gasteiger partial charge in [0.2, 0.25) is 11.9 Å². The highest BCUT2D eigenvalue weighted by molar-refractivity contribution is 5.92. The molecule has 1 aromatic heterocycles. The number of carbonyl (C=O) groups excluding carboxylic acids is 1. The largest absolute Gasteiger partial charge is 0.497 e. The van der Waals surface area contributed by atoms with Crippen molar-refractivity contribution in [3.63, 3.8) is 0 Å². The number of fused-ring (bicyclic) bond motifs is 1. The van der Waals surface area contributed by atoms with Crippen LogP contribution in [0.2, 0.25) is 0 Å². The minimum Gasteiger partial charge on any atom is -0.497 e. The Labute approximate surface area is 164 Å². The molecule has 0 radical (unpaired) electrons. The highest BCUT2D eigenvalue weighted by Gasteiger charge is 2.38. The molecule has 0 saturated carbocycles. The highest BCUT2D eigenvalue weighted by atomic mass is 16.5. The fraction of sp³-hybridized carbons (Fsp3) is 0.318. The highest BCUT2D eigenvalue weighted by Crippen LogP contribution is 2.42. The van der Waals surface area contributed by atoms with E-state index < -0.39 is 0 Å². The Balaban J connectivity index is 1.80. The summed E-state index contributed by atoms with van der Waals surface area (Å²) in [5.74, 6) is 1.48. The van der Waals surface area contributed by atoms with E-state index in [9.17, 15) is 4.79 Å². The average molecular weight is 376 g/mol. The Morgan fingerprint density at radius 1 is 1.07 bits per heavy atom. The zero-order valence-corrected chi connectivity index (χ0v) is 16.2. The lowest BCUT2D eigenvalue weighted by molar-refractivity contribution is -0.119. The van der Waals surface area contributed by atoms with Gasteiger partial charge in [-0.2, -0.15) is 10.1 Å². The second kappa shape index (κ2) is 7.84. The van der Waals surface area contributed by atoms with Crippen LogP contribution in [0, 0.1) is 0 Å². The number of anilines is 1. The Morgan fingerprint density at radius 2 is 1.79 bits per heavy atom. The van der Waals surface area contributed by atoms with E-state index >= 15 is 0 Å². The van der Waals surface area contributed by atoms with Gasteiger partial charge >= 0.3 is 0 Å². The molecule has 0 unspecified atom stereocenters. The molecule has 144 valence electrons. The fourth-order valence-electron chi connectivity index (χ4n) is 3.88. The van der Waals surface area contributed by atoms with E-state index in [0.29, 0.717) is 12.4 Å². The lowest BCUT2D eigenvalue weighted by Gasteiger charge is -2.39. The van der Waals surface area contributed by atoms with Gasteiger partial charge in [-0.05, 0) is 36.1 Å². The predicted octanol–water partition coefficient (Wildman–Crippen LogP) is 4.15. The van der Waals surface area contributed by atoms with E-state index in [4.69, 9.17) is 4.74 Å². The average Bonchev–Trinajstić information content (AvgIpc) is 3.23. The van der Waals surface area contributed by atoms with Crippen molar-refractivity contribution in [1.82, 2.24) is 14.8 Å². The molecule has 2 atom stereocenters. The minimum absolute atomic E-state index is 0.0245. The molecule has 0 N–H and O–H groups in total. The summed E-state index contributed by atoms with van der Waals surface area (Å²) in [7, 11) is 1.65. The van der Waals surface area contributed by atoms with Gasteiger partial charge in [0.15, 0.2) is 0 Å². The summed E-state index contributed by atoms with van der Waals surface area (Å²) in [6.45, 7) is 2.02. The molecule has 3 aromatic rings. The standard InChI is InChI=1S/C22H24N4O2/c1-3-7-21(27)25-19(17-10-12-18(28-2)13-11-17)14-20(16-8-5-4-6-9-16)26-22(25)23-15-24-26/h4-6,8-13,15,19-20H,3,7,14H2,1-2H3/t19-,20+/m0/s1. The van der Waals surface area contributed by atoms with E-state index in [-0.39, 0.29) is 18.0 Å². The molecule has 0 fully saturated rings. The Bertz CT molecular complexity index is 937. The molecule has 2 heterocycles. The maximum atomic E-state index is 13.0. The predicted molar refractivity (Wildman–Crippen MR) is 107 cm³/mol. The summed E-state index contributed by atoms with van der Waals surface area (Å²) in [6.07, 6.45) is 3.55. The van der Waals surface area contributed by atoms with Crippen molar-refractivity contribution in [3.05, 3.63) is 72.1 Å². The van der Waals surface area contributed by atoms with Crippen molar-refractivity contribution >= 4 is 11.9 Å². The van der Waals surface area contributed by atoms with Crippen LogP contribution in [0.4, 0.5) is 5.95 Å². The Morgan fingerprint density at radius 3 is 2.46 bits per heavy atom. The van der Waals surface area contributed by atoms with Gasteiger partial charge in [-0.25, -0.2) is 4.68 Å². The first-order valence-electron chi connectivity index (χ1n) is 9.63. The van der Waals surface area contributed by atoms with E-state index in [1.54, 1.807) is 7.11 Å². The summed E-state index contributed by atoms with van der Waals surface area (Å²) in [5, 5.41) is 4.45. The van der Waals surface area contributed by atoms with Crippen molar-refractivity contribution in [2.45, 2.75) is 38.3 Å². The van der Waals surface area contributed by atoms with Crippen molar-refractivity contribution in [2.75, 3.05) is 12.0 Å². The molecule has 4 rings (SSSR count). The van der Waals surface area contributed by atoms with Crippen LogP contribution in [0.15, 0.2) is 60.9 Å². The maximum absolute atomic E-state index is 13.0. The fourth-order valence-corrected chi connectivity index (χ4v) is 3.88. The van der Waals surface area contributed by atoms with Crippen LogP contribution in [-0.4, -0.2) is 27.8 Å². The second-order valence-corrected chi connectivity index (χ2v) is 6.97. The third-order valence-corrected chi connectivity index (χ3v) is 5.24. The molecule has 2 aromatic carbocycles. The number of hydrogen-bond acceptors (Lipinski definition) is 4. The maximum Gasteiger partial charge on any atom is 0.231 e. The number of ether oxygens (including phenoxy) is 1. The van der Waals surface area contributed by atoms with Crippen LogP contribution in [0.3, 0.4) is 0 Å². The monoisotopic (exact) mass is 376 g/mol. The molecule has 28 heavy (non-hydrogen) atoms. The van der Waals surface area contributed by atoms with Gasteiger partial charge in [0.25, 0.3) is 0 Å². The van der Waals surface area contributed by atoms with Crippen molar-refractivity contribution in [3.8, 4) is 5.75 Å². The summed E-state index contributed by atoms with van der Waals surface area (Å²) >= 11 is 0. The topological polar surface area (TPSA) is 60.2 Å². The number of carbonyl (C=O) groups is 1. The van der Waals surface area contributed by atoms with E-state index in [2.05, 4.69) is 22.2 Å². The SMILES string of the molecule is CCCC(=O)N1c2ncnn2[C@@H](c2ccccc2)C[C@H]1c1ccc(OC)cc1. The summed E-state index contributed by atoms with van der Waals surface area (Å²) < 4.78 is 7.17. The number of rotatable bonds is 5. The number of aromatic nitrogens is 3. The first kappa shape index (κ1) is 18.2. The lowest BCUT2D eigenvalue weighted by Crippen LogP contribution is -2.42. The third-order valence-electron chi connectivity index (χ3n) is 5.24. The van der Waals surface area contributed by atoms with Crippen LogP contribution in [0.5, 0.6) is 5.75 Å². The van der Waals surface area contributed by atoms with Crippen molar-refractivity contribution in [2.24, 2.45) is 0 Å². The second-order valence-electron chi connectivity index (χ2n) is 6.97. The smallest absolute Gasteiger partial charge is 0.231 e. The molecular weight excluding hydrogens is 352 g/mol. The number of hydrogen-bond donors (Lipinski definition) is 0. The molecule has 6 nitrogen and oxygen atoms in total. The molecule has 1 aliphatic rings. The quantitative estimate of drug-likeness (QED) is 0.671.